The summed E-state index contributed by atoms with van der Waals surface area (Å²) < 4.78 is 4.57. The second-order valence-corrected chi connectivity index (χ2v) is 12.3. The molecule has 3 fully saturated rings. The van der Waals surface area contributed by atoms with Gasteiger partial charge in [0.05, 0.1) is 23.7 Å². The number of ether oxygens (including phenoxy) is 1. The Bertz CT molecular complexity index is 1190. The van der Waals surface area contributed by atoms with Crippen LogP contribution < -0.4 is 15.4 Å². The van der Waals surface area contributed by atoms with Crippen molar-refractivity contribution in [3.8, 4) is 5.75 Å². The highest BCUT2D eigenvalue weighted by atomic mass is 32.2. The van der Waals surface area contributed by atoms with Crippen LogP contribution in [0.15, 0.2) is 54.6 Å². The van der Waals surface area contributed by atoms with Gasteiger partial charge < -0.3 is 25.4 Å². The zero-order valence-corrected chi connectivity index (χ0v) is 23.3. The Labute approximate surface area is 233 Å². The number of unbranched alkanes of at least 4 members (excludes halogenated alkanes) is 2. The number of hydrogen-bond donors (Lipinski definition) is 3. The fourth-order valence-corrected chi connectivity index (χ4v) is 9.14. The summed E-state index contributed by atoms with van der Waals surface area (Å²) in [6.45, 7) is 3.05. The van der Waals surface area contributed by atoms with Crippen molar-refractivity contribution in [3.05, 3.63) is 60.2 Å². The molecule has 0 aliphatic carbocycles. The van der Waals surface area contributed by atoms with Crippen molar-refractivity contribution in [2.75, 3.05) is 25.6 Å². The normalized spacial score (nSPS) is 28.8. The molecule has 6 atom stereocenters. The van der Waals surface area contributed by atoms with Gasteiger partial charge in [0.25, 0.3) is 0 Å². The molecule has 3 N–H and O–H groups in total. The molecule has 0 radical (unpaired) electrons. The van der Waals surface area contributed by atoms with Gasteiger partial charge in [-0.2, -0.15) is 0 Å². The minimum absolute atomic E-state index is 0.00227. The van der Waals surface area contributed by atoms with Gasteiger partial charge in [-0.1, -0.05) is 37.3 Å². The number of rotatable bonds is 11. The highest BCUT2D eigenvalue weighted by Gasteiger charge is 2.75. The maximum atomic E-state index is 14.1. The molecule has 3 saturated heterocycles. The number of methoxy groups -OCH3 is 1. The van der Waals surface area contributed by atoms with Crippen LogP contribution in [0.3, 0.4) is 0 Å². The molecule has 3 aliphatic rings. The van der Waals surface area contributed by atoms with Crippen molar-refractivity contribution in [1.82, 2.24) is 10.2 Å². The third-order valence-electron chi connectivity index (χ3n) is 8.52. The quantitative estimate of drug-likeness (QED) is 0.369. The molecule has 9 heteroatoms. The first-order valence-corrected chi connectivity index (χ1v) is 14.6. The third kappa shape index (κ3) is 5.02. The van der Waals surface area contributed by atoms with E-state index in [1.165, 1.54) is 0 Å². The van der Waals surface area contributed by atoms with Crippen LogP contribution in [0, 0.1) is 17.8 Å². The van der Waals surface area contributed by atoms with Crippen molar-refractivity contribution >= 4 is 35.2 Å². The van der Waals surface area contributed by atoms with E-state index >= 15 is 0 Å². The van der Waals surface area contributed by atoms with Crippen molar-refractivity contribution in [2.45, 2.75) is 55.2 Å². The number of nitrogens with zero attached hydrogens (tertiary/aromatic N) is 1. The molecule has 3 amide bonds. The summed E-state index contributed by atoms with van der Waals surface area (Å²) in [7, 11) is 1.59. The molecule has 5 rings (SSSR count). The number of aliphatic hydroxyl groups is 1. The van der Waals surface area contributed by atoms with E-state index < -0.39 is 22.6 Å². The van der Waals surface area contributed by atoms with Gasteiger partial charge in [0.15, 0.2) is 0 Å². The van der Waals surface area contributed by atoms with Crippen molar-refractivity contribution in [1.29, 1.82) is 0 Å². The fourth-order valence-electron chi connectivity index (χ4n) is 6.72. The Kier molecular flexibility index (Phi) is 8.19. The zero-order chi connectivity index (χ0) is 27.6. The lowest BCUT2D eigenvalue weighted by molar-refractivity contribution is -0.139. The topological polar surface area (TPSA) is 108 Å². The second-order valence-electron chi connectivity index (χ2n) is 10.8. The number of carbonyl (C=O) groups excluding carboxylic acids is 3. The number of hydrogen-bond acceptors (Lipinski definition) is 6. The molecule has 0 saturated carbocycles. The van der Waals surface area contributed by atoms with Crippen LogP contribution in [0.4, 0.5) is 5.69 Å². The average molecular weight is 552 g/mol. The number of fused-ring (bicyclic) bond motifs is 1. The lowest BCUT2D eigenvalue weighted by Gasteiger charge is -2.38. The van der Waals surface area contributed by atoms with Crippen molar-refractivity contribution in [3.63, 3.8) is 0 Å². The molecule has 2 bridgehead atoms. The number of aliphatic hydroxyl groups excluding tert-OH is 1. The standard InChI is InChI=1S/C30H37N3O5S/c1-19-17-23-24(27(35)31-18-20-9-5-3-6-10-20)25-29(37)33(15-7-4-8-16-34)26(30(19,25)39-23)28(36)32-21-11-13-22(38-2)14-12-21/h3,5-6,9-14,19,23-26,34H,4,7-8,15-18H2,1-2H3,(H,31,35)(H,32,36)/t19?,23-,24+,25-,26?,30?/m0/s1. The van der Waals surface area contributed by atoms with Crippen LogP contribution in [0.1, 0.15) is 38.2 Å². The molecule has 39 heavy (non-hydrogen) atoms. The van der Waals surface area contributed by atoms with E-state index in [9.17, 15) is 19.5 Å². The minimum atomic E-state index is -0.678. The molecule has 1 spiro atoms. The smallest absolute Gasteiger partial charge is 0.248 e. The maximum absolute atomic E-state index is 14.1. The SMILES string of the molecule is COc1ccc(NC(=O)C2N(CCCCCO)C(=O)[C@@H]3[C@H](C(=O)NCc4ccccc4)[C@@H]4CC(C)C23S4)cc1. The van der Waals surface area contributed by atoms with Crippen LogP contribution in [0.25, 0.3) is 0 Å². The lowest BCUT2D eigenvalue weighted by Crippen LogP contribution is -2.55. The molecule has 8 nitrogen and oxygen atoms in total. The zero-order valence-electron chi connectivity index (χ0n) is 22.5. The van der Waals surface area contributed by atoms with E-state index in [2.05, 4.69) is 17.6 Å². The molecular formula is C30H37N3O5S. The molecule has 2 aromatic rings. The van der Waals surface area contributed by atoms with E-state index in [4.69, 9.17) is 4.74 Å². The number of amides is 3. The van der Waals surface area contributed by atoms with Gasteiger partial charge in [-0.3, -0.25) is 14.4 Å². The van der Waals surface area contributed by atoms with Crippen LogP contribution >= 0.6 is 11.8 Å². The van der Waals surface area contributed by atoms with Crippen LogP contribution in [-0.2, 0) is 20.9 Å². The average Bonchev–Trinajstić information content (AvgIpc) is 3.54. The van der Waals surface area contributed by atoms with Crippen molar-refractivity contribution in [2.24, 2.45) is 17.8 Å². The first-order valence-electron chi connectivity index (χ1n) is 13.8. The van der Waals surface area contributed by atoms with E-state index in [0.717, 1.165) is 18.4 Å². The van der Waals surface area contributed by atoms with Crippen LogP contribution in [0.2, 0.25) is 0 Å². The van der Waals surface area contributed by atoms with E-state index in [1.54, 1.807) is 48.0 Å². The number of carbonyl (C=O) groups is 3. The Morgan fingerprint density at radius 3 is 2.51 bits per heavy atom. The highest BCUT2D eigenvalue weighted by molar-refractivity contribution is 8.02. The second kappa shape index (κ2) is 11.6. The lowest BCUT2D eigenvalue weighted by atomic mass is 9.66. The molecular weight excluding hydrogens is 514 g/mol. The highest BCUT2D eigenvalue weighted by Crippen LogP contribution is 2.68. The molecule has 2 aromatic carbocycles. The van der Waals surface area contributed by atoms with Gasteiger partial charge >= 0.3 is 0 Å². The Morgan fingerprint density at radius 1 is 1.08 bits per heavy atom. The largest absolute Gasteiger partial charge is 0.497 e. The van der Waals surface area contributed by atoms with Gasteiger partial charge in [0.1, 0.15) is 11.8 Å². The molecule has 3 aliphatic heterocycles. The predicted octanol–water partition coefficient (Wildman–Crippen LogP) is 3.45. The number of nitrogens with one attached hydrogen (secondary N) is 2. The molecule has 3 unspecified atom stereocenters. The van der Waals surface area contributed by atoms with Crippen LogP contribution in [-0.4, -0.2) is 64.0 Å². The summed E-state index contributed by atoms with van der Waals surface area (Å²) in [4.78, 5) is 43.4. The Balaban J connectivity index is 1.42. The molecule has 0 aromatic heterocycles. The third-order valence-corrected chi connectivity index (χ3v) is 10.6. The van der Waals surface area contributed by atoms with E-state index in [-0.39, 0.29) is 35.5 Å². The first-order chi connectivity index (χ1) is 18.9. The molecule has 208 valence electrons. The summed E-state index contributed by atoms with van der Waals surface area (Å²) in [5.41, 5.74) is 1.64. The summed E-state index contributed by atoms with van der Waals surface area (Å²) in [6.07, 6.45) is 2.89. The van der Waals surface area contributed by atoms with Gasteiger partial charge in [-0.15, -0.1) is 11.8 Å². The number of anilines is 1. The Hall–Kier alpha value is -3.04. The van der Waals surface area contributed by atoms with Gasteiger partial charge in [0, 0.05) is 30.6 Å². The van der Waals surface area contributed by atoms with E-state index in [1.807, 2.05) is 30.3 Å². The summed E-state index contributed by atoms with van der Waals surface area (Å²) in [5, 5.41) is 15.4. The van der Waals surface area contributed by atoms with Gasteiger partial charge in [-0.05, 0) is 61.4 Å². The summed E-state index contributed by atoms with van der Waals surface area (Å²) in [6, 6.07) is 16.2. The molecule has 3 heterocycles. The predicted molar refractivity (Wildman–Crippen MR) is 151 cm³/mol. The number of thioether (sulfide) groups is 1. The minimum Gasteiger partial charge on any atom is -0.497 e. The maximum Gasteiger partial charge on any atom is 0.248 e. The van der Waals surface area contributed by atoms with Crippen LogP contribution in [0.5, 0.6) is 5.75 Å². The summed E-state index contributed by atoms with van der Waals surface area (Å²) >= 11 is 1.68. The van der Waals surface area contributed by atoms with Gasteiger partial charge in [0.2, 0.25) is 17.7 Å². The number of likely N-dealkylation sites (tertiary alicyclic amines) is 1. The first kappa shape index (κ1) is 27.5. The van der Waals surface area contributed by atoms with Gasteiger partial charge in [-0.25, -0.2) is 0 Å². The summed E-state index contributed by atoms with van der Waals surface area (Å²) in [5.74, 6) is -0.652. The van der Waals surface area contributed by atoms with Crippen molar-refractivity contribution < 1.29 is 24.2 Å². The fraction of sp³-hybridized carbons (Fsp3) is 0.500. The Morgan fingerprint density at radius 2 is 1.82 bits per heavy atom. The number of benzene rings is 2. The monoisotopic (exact) mass is 551 g/mol. The van der Waals surface area contributed by atoms with E-state index in [0.29, 0.717) is 37.4 Å².